The average molecular weight is 266 g/mol. The highest BCUT2D eigenvalue weighted by Crippen LogP contribution is 2.08. The van der Waals surface area contributed by atoms with E-state index in [1.165, 1.54) is 0 Å². The number of benzene rings is 1. The van der Waals surface area contributed by atoms with Crippen LogP contribution in [0.5, 0.6) is 5.75 Å². The smallest absolute Gasteiger partial charge is 0.258 e. The molecule has 1 unspecified atom stereocenters. The molecule has 18 heavy (non-hydrogen) atoms. The summed E-state index contributed by atoms with van der Waals surface area (Å²) in [4.78, 5) is 12.0. The van der Waals surface area contributed by atoms with Gasteiger partial charge in [0, 0.05) is 0 Å². The number of nitrogens with one attached hydrogen (secondary N) is 1. The first kappa shape index (κ1) is 14.4. The monoisotopic (exact) mass is 266 g/mol. The molecule has 0 radical (unpaired) electrons. The van der Waals surface area contributed by atoms with Crippen LogP contribution in [-0.4, -0.2) is 23.5 Å². The third-order valence-corrected chi connectivity index (χ3v) is 2.66. The lowest BCUT2D eigenvalue weighted by molar-refractivity contribution is -0.123. The van der Waals surface area contributed by atoms with Gasteiger partial charge < -0.3 is 15.8 Å². The molecular formula is C13H18N2O2S. The molecular weight excluding hydrogens is 248 g/mol. The van der Waals surface area contributed by atoms with Crippen molar-refractivity contribution in [3.63, 3.8) is 0 Å². The third kappa shape index (κ3) is 4.71. The number of hydrogen-bond acceptors (Lipinski definition) is 3. The molecule has 0 bridgehead atoms. The second-order valence-electron chi connectivity index (χ2n) is 4.29. The Labute approximate surface area is 113 Å². The summed E-state index contributed by atoms with van der Waals surface area (Å²) in [6.07, 6.45) is 0. The summed E-state index contributed by atoms with van der Waals surface area (Å²) in [5.74, 6) is 0.581. The summed E-state index contributed by atoms with van der Waals surface area (Å²) >= 11 is 4.91. The van der Waals surface area contributed by atoms with E-state index in [-0.39, 0.29) is 29.5 Å². The maximum atomic E-state index is 11.7. The van der Waals surface area contributed by atoms with E-state index in [4.69, 9.17) is 22.7 Å². The number of carbonyl (C=O) groups is 1. The van der Waals surface area contributed by atoms with E-state index in [0.717, 1.165) is 0 Å². The number of nitrogens with two attached hydrogens (primary N) is 1. The van der Waals surface area contributed by atoms with Crippen LogP contribution in [0.2, 0.25) is 0 Å². The minimum absolute atomic E-state index is 0.0458. The molecule has 0 aliphatic heterocycles. The molecule has 3 N–H and O–H groups in total. The van der Waals surface area contributed by atoms with Gasteiger partial charge in [-0.05, 0) is 18.1 Å². The fourth-order valence-electron chi connectivity index (χ4n) is 1.45. The van der Waals surface area contributed by atoms with Crippen molar-refractivity contribution in [1.29, 1.82) is 0 Å². The van der Waals surface area contributed by atoms with Crippen LogP contribution in [0.25, 0.3) is 0 Å². The Kier molecular flexibility index (Phi) is 5.58. The molecule has 1 aromatic rings. The largest absolute Gasteiger partial charge is 0.484 e. The van der Waals surface area contributed by atoms with Crippen molar-refractivity contribution in [1.82, 2.24) is 5.32 Å². The van der Waals surface area contributed by atoms with Crippen LogP contribution in [0.15, 0.2) is 30.3 Å². The van der Waals surface area contributed by atoms with Gasteiger partial charge in [-0.3, -0.25) is 4.79 Å². The van der Waals surface area contributed by atoms with Gasteiger partial charge in [-0.2, -0.15) is 0 Å². The standard InChI is InChI=1S/C13H18N2O2S/c1-9(2)12(13(14)18)15-11(16)8-17-10-6-4-3-5-7-10/h3-7,9,12H,8H2,1-2H3,(H2,14,18)(H,15,16). The van der Waals surface area contributed by atoms with Crippen molar-refractivity contribution in [2.75, 3.05) is 6.61 Å². The van der Waals surface area contributed by atoms with Gasteiger partial charge in [-0.15, -0.1) is 0 Å². The van der Waals surface area contributed by atoms with Gasteiger partial charge in [-0.1, -0.05) is 44.3 Å². The van der Waals surface area contributed by atoms with Crippen LogP contribution >= 0.6 is 12.2 Å². The van der Waals surface area contributed by atoms with Crippen molar-refractivity contribution in [3.8, 4) is 5.75 Å². The van der Waals surface area contributed by atoms with Gasteiger partial charge in [0.2, 0.25) is 0 Å². The first-order chi connectivity index (χ1) is 8.50. The van der Waals surface area contributed by atoms with Crippen LogP contribution in [-0.2, 0) is 4.79 Å². The van der Waals surface area contributed by atoms with E-state index in [9.17, 15) is 4.79 Å². The van der Waals surface area contributed by atoms with E-state index in [0.29, 0.717) is 5.75 Å². The first-order valence-electron chi connectivity index (χ1n) is 5.77. The predicted molar refractivity (Wildman–Crippen MR) is 75.5 cm³/mol. The molecule has 0 aromatic heterocycles. The molecule has 1 aromatic carbocycles. The minimum atomic E-state index is -0.299. The van der Waals surface area contributed by atoms with Crippen LogP contribution in [0, 0.1) is 5.92 Å². The van der Waals surface area contributed by atoms with Crippen LogP contribution in [0.3, 0.4) is 0 Å². The molecule has 0 aliphatic carbocycles. The maximum absolute atomic E-state index is 11.7. The molecule has 4 nitrogen and oxygen atoms in total. The van der Waals surface area contributed by atoms with E-state index in [2.05, 4.69) is 5.32 Å². The lowest BCUT2D eigenvalue weighted by Crippen LogP contribution is -2.48. The van der Waals surface area contributed by atoms with Crippen molar-refractivity contribution in [2.24, 2.45) is 11.7 Å². The molecule has 0 saturated carbocycles. The van der Waals surface area contributed by atoms with Gasteiger partial charge in [0.1, 0.15) is 5.75 Å². The quantitative estimate of drug-likeness (QED) is 0.766. The highest BCUT2D eigenvalue weighted by atomic mass is 32.1. The molecule has 98 valence electrons. The van der Waals surface area contributed by atoms with Gasteiger partial charge in [0.15, 0.2) is 6.61 Å². The first-order valence-corrected chi connectivity index (χ1v) is 6.18. The Bertz CT molecular complexity index is 407. The maximum Gasteiger partial charge on any atom is 0.258 e. The zero-order valence-electron chi connectivity index (χ0n) is 10.6. The zero-order valence-corrected chi connectivity index (χ0v) is 11.4. The Balaban J connectivity index is 2.44. The van der Waals surface area contributed by atoms with Crippen molar-refractivity contribution in [3.05, 3.63) is 30.3 Å². The molecule has 1 rings (SSSR count). The Morgan fingerprint density at radius 3 is 2.50 bits per heavy atom. The fourth-order valence-corrected chi connectivity index (χ4v) is 1.78. The van der Waals surface area contributed by atoms with Crippen LogP contribution < -0.4 is 15.8 Å². The van der Waals surface area contributed by atoms with E-state index in [1.54, 1.807) is 12.1 Å². The third-order valence-electron chi connectivity index (χ3n) is 2.40. The van der Waals surface area contributed by atoms with Crippen LogP contribution in [0.4, 0.5) is 0 Å². The lowest BCUT2D eigenvalue weighted by Gasteiger charge is -2.21. The summed E-state index contributed by atoms with van der Waals surface area (Å²) in [5.41, 5.74) is 5.57. The number of rotatable bonds is 6. The summed E-state index contributed by atoms with van der Waals surface area (Å²) in [5, 5.41) is 2.76. The second-order valence-corrected chi connectivity index (χ2v) is 4.76. The average Bonchev–Trinajstić information content (AvgIpc) is 2.34. The topological polar surface area (TPSA) is 64.3 Å². The molecule has 5 heteroatoms. The second kappa shape index (κ2) is 6.96. The van der Waals surface area contributed by atoms with Crippen LogP contribution in [0.1, 0.15) is 13.8 Å². The molecule has 1 atom stereocenters. The van der Waals surface area contributed by atoms with E-state index < -0.39 is 0 Å². The summed E-state index contributed by atoms with van der Waals surface area (Å²) in [7, 11) is 0. The number of ether oxygens (including phenoxy) is 1. The highest BCUT2D eigenvalue weighted by Gasteiger charge is 2.18. The summed E-state index contributed by atoms with van der Waals surface area (Å²) in [6, 6.07) is 8.86. The minimum Gasteiger partial charge on any atom is -0.484 e. The Morgan fingerprint density at radius 1 is 1.39 bits per heavy atom. The zero-order chi connectivity index (χ0) is 13.5. The highest BCUT2D eigenvalue weighted by molar-refractivity contribution is 7.80. The number of thiocarbonyl (C=S) groups is 1. The van der Waals surface area contributed by atoms with Gasteiger partial charge in [0.25, 0.3) is 5.91 Å². The van der Waals surface area contributed by atoms with E-state index >= 15 is 0 Å². The molecule has 0 saturated heterocycles. The molecule has 0 spiro atoms. The van der Waals surface area contributed by atoms with E-state index in [1.807, 2.05) is 32.0 Å². The molecule has 0 fully saturated rings. The number of hydrogen-bond donors (Lipinski definition) is 2. The van der Waals surface area contributed by atoms with Gasteiger partial charge in [-0.25, -0.2) is 0 Å². The van der Waals surface area contributed by atoms with Gasteiger partial charge in [0.05, 0.1) is 11.0 Å². The normalized spacial score (nSPS) is 11.9. The Morgan fingerprint density at radius 2 is 2.00 bits per heavy atom. The number of carbonyl (C=O) groups excluding carboxylic acids is 1. The summed E-state index contributed by atoms with van der Waals surface area (Å²) < 4.78 is 5.33. The molecule has 0 aliphatic rings. The summed E-state index contributed by atoms with van der Waals surface area (Å²) in [6.45, 7) is 3.85. The lowest BCUT2D eigenvalue weighted by atomic mass is 10.0. The van der Waals surface area contributed by atoms with Crippen molar-refractivity contribution in [2.45, 2.75) is 19.9 Å². The number of amides is 1. The molecule has 1 amide bonds. The SMILES string of the molecule is CC(C)C(NC(=O)COc1ccccc1)C(N)=S. The van der Waals surface area contributed by atoms with Crippen molar-refractivity contribution >= 4 is 23.1 Å². The fraction of sp³-hybridized carbons (Fsp3) is 0.385. The number of para-hydroxylation sites is 1. The van der Waals surface area contributed by atoms with Gasteiger partial charge >= 0.3 is 0 Å². The Hall–Kier alpha value is -1.62. The van der Waals surface area contributed by atoms with Crippen molar-refractivity contribution < 1.29 is 9.53 Å². The predicted octanol–water partition coefficient (Wildman–Crippen LogP) is 1.49. The molecule has 0 heterocycles.